The van der Waals surface area contributed by atoms with Gasteiger partial charge in [-0.05, 0) is 69.2 Å². The number of pyridine rings is 1. The molecule has 11 heteroatoms. The van der Waals surface area contributed by atoms with E-state index in [0.29, 0.717) is 47.7 Å². The van der Waals surface area contributed by atoms with Gasteiger partial charge in [0.2, 0.25) is 0 Å². The first-order valence-corrected chi connectivity index (χ1v) is 13.9. The quantitative estimate of drug-likeness (QED) is 0.276. The first-order valence-electron chi connectivity index (χ1n) is 13.5. The molecule has 3 heterocycles. The van der Waals surface area contributed by atoms with Gasteiger partial charge in [-0.3, -0.25) is 0 Å². The van der Waals surface area contributed by atoms with E-state index in [1.54, 1.807) is 6.07 Å². The van der Waals surface area contributed by atoms with Gasteiger partial charge in [-0.1, -0.05) is 23.7 Å². The second-order valence-corrected chi connectivity index (χ2v) is 10.9. The largest absolute Gasteiger partial charge is 0.476 e. The van der Waals surface area contributed by atoms with E-state index in [1.807, 2.05) is 51.1 Å². The molecule has 4 aromatic rings. The molecule has 0 spiro atoms. The van der Waals surface area contributed by atoms with E-state index < -0.39 is 5.97 Å². The number of halogens is 1. The normalized spacial score (nSPS) is 15.6. The van der Waals surface area contributed by atoms with Crippen molar-refractivity contribution in [2.75, 3.05) is 34.8 Å². The number of aromatic carboxylic acids is 1. The van der Waals surface area contributed by atoms with Crippen molar-refractivity contribution in [2.45, 2.75) is 39.8 Å². The highest BCUT2D eigenvalue weighted by atomic mass is 35.5. The lowest BCUT2D eigenvalue weighted by Crippen LogP contribution is -2.53. The van der Waals surface area contributed by atoms with Crippen molar-refractivity contribution in [3.8, 4) is 12.1 Å². The molecule has 2 N–H and O–H groups in total. The fourth-order valence-electron chi connectivity index (χ4n) is 5.44. The van der Waals surface area contributed by atoms with Crippen molar-refractivity contribution >= 4 is 45.8 Å². The summed E-state index contributed by atoms with van der Waals surface area (Å²) in [5, 5.41) is 32.7. The fraction of sp³-hybridized carbons (Fsp3) is 0.290. The highest BCUT2D eigenvalue weighted by Crippen LogP contribution is 2.32. The van der Waals surface area contributed by atoms with Crippen molar-refractivity contribution in [3.05, 3.63) is 81.3 Å². The molecule has 2 aromatic carbocycles. The summed E-state index contributed by atoms with van der Waals surface area (Å²) in [6, 6.07) is 17.0. The van der Waals surface area contributed by atoms with E-state index in [4.69, 9.17) is 21.6 Å². The number of nitrogens with zero attached hydrogens (tertiary/aromatic N) is 7. The second kappa shape index (κ2) is 11.5. The Morgan fingerprint density at radius 1 is 1.07 bits per heavy atom. The summed E-state index contributed by atoms with van der Waals surface area (Å²) >= 11 is 5.94. The molecule has 0 bridgehead atoms. The smallest absolute Gasteiger partial charge is 0.356 e. The minimum Gasteiger partial charge on any atom is -0.476 e. The minimum atomic E-state index is -1.19. The van der Waals surface area contributed by atoms with E-state index in [-0.39, 0.29) is 28.6 Å². The lowest BCUT2D eigenvalue weighted by molar-refractivity contribution is 0.0691. The fourth-order valence-corrected chi connectivity index (χ4v) is 5.59. The molecule has 0 radical (unpaired) electrons. The minimum absolute atomic E-state index is 0.0210. The van der Waals surface area contributed by atoms with Crippen LogP contribution in [0.5, 0.6) is 0 Å². The van der Waals surface area contributed by atoms with Gasteiger partial charge in [0.25, 0.3) is 0 Å². The monoisotopic (exact) mass is 580 g/mol. The number of aryl methyl sites for hydroxylation is 2. The Bertz CT molecular complexity index is 1790. The third kappa shape index (κ3) is 5.50. The molecule has 5 rings (SSSR count). The van der Waals surface area contributed by atoms with E-state index >= 15 is 0 Å². The van der Waals surface area contributed by atoms with Crippen LogP contribution in [0.1, 0.15) is 58.3 Å². The van der Waals surface area contributed by atoms with Gasteiger partial charge in [0, 0.05) is 31.2 Å². The van der Waals surface area contributed by atoms with Crippen LogP contribution in [-0.4, -0.2) is 51.7 Å². The third-order valence-corrected chi connectivity index (χ3v) is 7.66. The maximum absolute atomic E-state index is 11.8. The number of nitrogens with one attached hydrogen (secondary N) is 1. The second-order valence-electron chi connectivity index (χ2n) is 10.6. The van der Waals surface area contributed by atoms with Gasteiger partial charge in [0.15, 0.2) is 17.2 Å². The summed E-state index contributed by atoms with van der Waals surface area (Å²) in [5.74, 6) is -0.693. The van der Waals surface area contributed by atoms with Crippen LogP contribution in [0, 0.1) is 36.5 Å². The average Bonchev–Trinajstić information content (AvgIpc) is 2.96. The molecule has 42 heavy (non-hydrogen) atoms. The zero-order valence-electron chi connectivity index (χ0n) is 23.7. The van der Waals surface area contributed by atoms with Gasteiger partial charge < -0.3 is 20.2 Å². The number of nitriles is 2. The number of aromatic nitrogens is 3. The maximum atomic E-state index is 11.8. The van der Waals surface area contributed by atoms with Crippen LogP contribution in [0.2, 0.25) is 5.15 Å². The number of piperazine rings is 1. The zero-order chi connectivity index (χ0) is 30.1. The highest BCUT2D eigenvalue weighted by molar-refractivity contribution is 6.29. The van der Waals surface area contributed by atoms with Gasteiger partial charge in [0.1, 0.15) is 17.3 Å². The highest BCUT2D eigenvalue weighted by Gasteiger charge is 2.29. The molecule has 1 aliphatic rings. The number of carboxylic acids is 1. The molecule has 10 nitrogen and oxygen atoms in total. The molecular formula is C31H29ClN8O2. The molecule has 212 valence electrons. The van der Waals surface area contributed by atoms with Crippen molar-refractivity contribution in [3.63, 3.8) is 0 Å². The summed E-state index contributed by atoms with van der Waals surface area (Å²) in [6.45, 7) is 9.80. The Balaban J connectivity index is 1.51. The number of carboxylic acid groups (broad SMARTS) is 1. The molecule has 2 atom stereocenters. The van der Waals surface area contributed by atoms with Crippen molar-refractivity contribution in [1.29, 1.82) is 10.5 Å². The van der Waals surface area contributed by atoms with Crippen molar-refractivity contribution < 1.29 is 9.90 Å². The molecule has 0 saturated carbocycles. The van der Waals surface area contributed by atoms with Gasteiger partial charge in [-0.25, -0.2) is 19.7 Å². The third-order valence-electron chi connectivity index (χ3n) is 7.45. The van der Waals surface area contributed by atoms with Crippen LogP contribution in [0.4, 0.5) is 17.2 Å². The Labute approximate surface area is 248 Å². The number of hydrogen-bond donors (Lipinski definition) is 2. The van der Waals surface area contributed by atoms with Crippen molar-refractivity contribution in [2.24, 2.45) is 0 Å². The molecular weight excluding hydrogens is 552 g/mol. The predicted molar refractivity (Wildman–Crippen MR) is 162 cm³/mol. The van der Waals surface area contributed by atoms with Crippen LogP contribution in [0.15, 0.2) is 42.5 Å². The molecule has 0 amide bonds. The summed E-state index contributed by atoms with van der Waals surface area (Å²) in [6.07, 6.45) is 0. The van der Waals surface area contributed by atoms with E-state index in [9.17, 15) is 20.4 Å². The topological polar surface area (TPSA) is 142 Å². The number of fused-ring (bicyclic) bond motifs is 1. The summed E-state index contributed by atoms with van der Waals surface area (Å²) < 4.78 is 0. The van der Waals surface area contributed by atoms with Gasteiger partial charge in [-0.15, -0.1) is 0 Å². The number of anilines is 3. The van der Waals surface area contributed by atoms with Crippen LogP contribution in [0.25, 0.3) is 11.0 Å². The van der Waals surface area contributed by atoms with Crippen molar-refractivity contribution in [1.82, 2.24) is 15.0 Å². The molecule has 1 aliphatic heterocycles. The average molecular weight is 581 g/mol. The van der Waals surface area contributed by atoms with Gasteiger partial charge >= 0.3 is 5.97 Å². The number of hydrogen-bond acceptors (Lipinski definition) is 9. The first kappa shape index (κ1) is 28.6. The SMILES string of the molecule is Cc1ccc(C#N)c(N2CCN(c3nc4c([C@@H](C)Nc5ccc(Cl)nc5C(=O)O)cc(C)cc4nc3C#N)C(C)C2)c1. The van der Waals surface area contributed by atoms with E-state index in [0.717, 1.165) is 22.4 Å². The summed E-state index contributed by atoms with van der Waals surface area (Å²) in [7, 11) is 0. The number of rotatable bonds is 6. The molecule has 1 fully saturated rings. The van der Waals surface area contributed by atoms with Gasteiger partial charge in [0.05, 0.1) is 34.0 Å². The number of carbonyl (C=O) groups is 1. The summed E-state index contributed by atoms with van der Waals surface area (Å²) in [4.78, 5) is 29.8. The van der Waals surface area contributed by atoms with Crippen LogP contribution < -0.4 is 15.1 Å². The standard InChI is InChI=1S/C31H29ClN8O2/c1-17-5-6-21(14-33)26(13-17)39-9-10-40(19(3)16-39)30-25(15-34)36-24-12-18(2)11-22(28(24)38-30)20(4)35-23-7-8-27(32)37-29(23)31(41)42/h5-8,11-13,19-20,35H,9-10,16H2,1-4H3,(H,41,42)/t19?,20-/m1/s1. The Morgan fingerprint density at radius 2 is 1.86 bits per heavy atom. The zero-order valence-corrected chi connectivity index (χ0v) is 24.4. The Kier molecular flexibility index (Phi) is 7.84. The van der Waals surface area contributed by atoms with Crippen LogP contribution >= 0.6 is 11.6 Å². The van der Waals surface area contributed by atoms with Crippen LogP contribution in [0.3, 0.4) is 0 Å². The lowest BCUT2D eigenvalue weighted by Gasteiger charge is -2.42. The maximum Gasteiger partial charge on any atom is 0.356 e. The molecule has 1 unspecified atom stereocenters. The Hall–Kier alpha value is -4.93. The predicted octanol–water partition coefficient (Wildman–Crippen LogP) is 5.62. The summed E-state index contributed by atoms with van der Waals surface area (Å²) in [5.41, 5.74) is 5.95. The number of benzene rings is 2. The lowest BCUT2D eigenvalue weighted by atomic mass is 10.0. The van der Waals surface area contributed by atoms with E-state index in [1.165, 1.54) is 6.07 Å². The van der Waals surface area contributed by atoms with Gasteiger partial charge in [-0.2, -0.15) is 10.5 Å². The Morgan fingerprint density at radius 3 is 2.55 bits per heavy atom. The molecule has 0 aliphatic carbocycles. The molecule has 1 saturated heterocycles. The van der Waals surface area contributed by atoms with Crippen LogP contribution in [-0.2, 0) is 0 Å². The first-order chi connectivity index (χ1) is 20.1. The molecule has 2 aromatic heterocycles. The van der Waals surface area contributed by atoms with E-state index in [2.05, 4.69) is 39.2 Å².